The Morgan fingerprint density at radius 2 is 2.00 bits per heavy atom. The number of aliphatic imine (C=N–C) groups is 1. The van der Waals surface area contributed by atoms with Gasteiger partial charge < -0.3 is 15.8 Å². The number of rotatable bonds is 6. The Labute approximate surface area is 141 Å². The van der Waals surface area contributed by atoms with Crippen LogP contribution < -0.4 is 11.1 Å². The zero-order chi connectivity index (χ0) is 15.8. The molecule has 0 aromatic heterocycles. The van der Waals surface area contributed by atoms with Crippen LogP contribution in [0.25, 0.3) is 0 Å². The molecule has 0 spiro atoms. The highest BCUT2D eigenvalue weighted by molar-refractivity contribution is 9.10. The Morgan fingerprint density at radius 1 is 1.32 bits per heavy atom. The minimum absolute atomic E-state index is 0.0377. The Morgan fingerprint density at radius 3 is 2.64 bits per heavy atom. The fourth-order valence-electron chi connectivity index (χ4n) is 2.79. The smallest absolute Gasteiger partial charge is 0.188 e. The molecule has 2 rings (SSSR count). The molecule has 0 bridgehead atoms. The molecule has 0 radical (unpaired) electrons. The van der Waals surface area contributed by atoms with Gasteiger partial charge in [0.25, 0.3) is 0 Å². The second-order valence-corrected chi connectivity index (χ2v) is 6.80. The molecule has 0 unspecified atom stereocenters. The van der Waals surface area contributed by atoms with Gasteiger partial charge in [-0.05, 0) is 37.0 Å². The first-order valence-corrected chi connectivity index (χ1v) is 8.83. The van der Waals surface area contributed by atoms with Crippen LogP contribution in [0.15, 0.2) is 33.7 Å². The number of nitrogens with two attached hydrogens (primary N) is 1. The van der Waals surface area contributed by atoms with E-state index in [2.05, 4.69) is 57.4 Å². The van der Waals surface area contributed by atoms with Crippen LogP contribution in [0.5, 0.6) is 0 Å². The van der Waals surface area contributed by atoms with Gasteiger partial charge in [0.2, 0.25) is 0 Å². The van der Waals surface area contributed by atoms with E-state index in [4.69, 9.17) is 10.5 Å². The first-order chi connectivity index (χ1) is 10.7. The van der Waals surface area contributed by atoms with Crippen molar-refractivity contribution in [1.82, 2.24) is 5.32 Å². The molecule has 1 aliphatic heterocycles. The predicted molar refractivity (Wildman–Crippen MR) is 95.3 cm³/mol. The molecule has 0 atom stereocenters. The van der Waals surface area contributed by atoms with E-state index in [1.165, 1.54) is 5.56 Å². The Hall–Kier alpha value is -1.07. The molecule has 3 N–H and O–H groups in total. The highest BCUT2D eigenvalue weighted by atomic mass is 79.9. The Bertz CT molecular complexity index is 481. The SMILES string of the molecule is CCCCNC(N)=NCC1(c2ccc(Br)cc2)CCOCC1. The Kier molecular flexibility index (Phi) is 6.70. The van der Waals surface area contributed by atoms with Crippen molar-refractivity contribution in [2.45, 2.75) is 38.0 Å². The van der Waals surface area contributed by atoms with Gasteiger partial charge >= 0.3 is 0 Å². The number of unbranched alkanes of at least 4 members (excludes halogenated alkanes) is 1. The third kappa shape index (κ3) is 4.71. The van der Waals surface area contributed by atoms with Crippen molar-refractivity contribution < 1.29 is 4.74 Å². The molecule has 0 amide bonds. The van der Waals surface area contributed by atoms with Crippen LogP contribution in [0.2, 0.25) is 0 Å². The Balaban J connectivity index is 2.09. The maximum atomic E-state index is 5.99. The highest BCUT2D eigenvalue weighted by Gasteiger charge is 2.34. The van der Waals surface area contributed by atoms with E-state index in [1.807, 2.05) is 0 Å². The van der Waals surface area contributed by atoms with Gasteiger partial charge in [0.1, 0.15) is 0 Å². The maximum absolute atomic E-state index is 5.99. The van der Waals surface area contributed by atoms with Crippen molar-refractivity contribution >= 4 is 21.9 Å². The fourth-order valence-corrected chi connectivity index (χ4v) is 3.05. The van der Waals surface area contributed by atoms with Gasteiger partial charge in [-0.25, -0.2) is 0 Å². The second-order valence-electron chi connectivity index (χ2n) is 5.88. The van der Waals surface area contributed by atoms with Gasteiger partial charge in [0.05, 0.1) is 6.54 Å². The van der Waals surface area contributed by atoms with Crippen molar-refractivity contribution in [3.8, 4) is 0 Å². The minimum Gasteiger partial charge on any atom is -0.381 e. The summed E-state index contributed by atoms with van der Waals surface area (Å²) < 4.78 is 6.65. The lowest BCUT2D eigenvalue weighted by atomic mass is 9.74. The molecule has 1 aliphatic rings. The third-order valence-corrected chi connectivity index (χ3v) is 4.82. The van der Waals surface area contributed by atoms with Crippen LogP contribution in [-0.4, -0.2) is 32.3 Å². The fraction of sp³-hybridized carbons (Fsp3) is 0.588. The van der Waals surface area contributed by atoms with Crippen molar-refractivity contribution in [3.05, 3.63) is 34.3 Å². The zero-order valence-electron chi connectivity index (χ0n) is 13.3. The van der Waals surface area contributed by atoms with Crippen LogP contribution in [0, 0.1) is 0 Å². The summed E-state index contributed by atoms with van der Waals surface area (Å²) in [5, 5.41) is 3.19. The first-order valence-electron chi connectivity index (χ1n) is 8.04. The lowest BCUT2D eigenvalue weighted by Gasteiger charge is -2.36. The quantitative estimate of drug-likeness (QED) is 0.461. The standard InChI is InChI=1S/C17H26BrN3O/c1-2-3-10-20-16(19)21-13-17(8-11-22-12-9-17)14-4-6-15(18)7-5-14/h4-7H,2-3,8-13H2,1H3,(H3,19,20,21). The lowest BCUT2D eigenvalue weighted by molar-refractivity contribution is 0.0531. The van der Waals surface area contributed by atoms with E-state index in [0.717, 1.165) is 49.9 Å². The second kappa shape index (κ2) is 8.53. The summed E-state index contributed by atoms with van der Waals surface area (Å²) in [5.74, 6) is 0.552. The van der Waals surface area contributed by atoms with Gasteiger partial charge in [-0.3, -0.25) is 4.99 Å². The zero-order valence-corrected chi connectivity index (χ0v) is 14.9. The molecule has 1 aromatic rings. The van der Waals surface area contributed by atoms with Gasteiger partial charge in [-0.2, -0.15) is 0 Å². The van der Waals surface area contributed by atoms with Crippen LogP contribution in [0.4, 0.5) is 0 Å². The number of nitrogens with zero attached hydrogens (tertiary/aromatic N) is 1. The van der Waals surface area contributed by atoms with Crippen molar-refractivity contribution in [3.63, 3.8) is 0 Å². The van der Waals surface area contributed by atoms with Gasteiger partial charge in [0, 0.05) is 29.6 Å². The van der Waals surface area contributed by atoms with Gasteiger partial charge in [0.15, 0.2) is 5.96 Å². The molecule has 122 valence electrons. The van der Waals surface area contributed by atoms with Gasteiger partial charge in [-0.15, -0.1) is 0 Å². The van der Waals surface area contributed by atoms with Crippen LogP contribution in [-0.2, 0) is 10.2 Å². The summed E-state index contributed by atoms with van der Waals surface area (Å²) in [4.78, 5) is 4.61. The lowest BCUT2D eigenvalue weighted by Crippen LogP contribution is -2.39. The first kappa shape index (κ1) is 17.3. The number of guanidine groups is 1. The van der Waals surface area contributed by atoms with Crippen LogP contribution >= 0.6 is 15.9 Å². The molecule has 1 aromatic carbocycles. The number of hydrogen-bond donors (Lipinski definition) is 2. The number of hydrogen-bond acceptors (Lipinski definition) is 2. The summed E-state index contributed by atoms with van der Waals surface area (Å²) in [7, 11) is 0. The van der Waals surface area contributed by atoms with Crippen molar-refractivity contribution in [1.29, 1.82) is 0 Å². The molecule has 0 saturated carbocycles. The van der Waals surface area contributed by atoms with Crippen molar-refractivity contribution in [2.75, 3.05) is 26.3 Å². The normalized spacial score (nSPS) is 18.2. The summed E-state index contributed by atoms with van der Waals surface area (Å²) >= 11 is 3.50. The predicted octanol–water partition coefficient (Wildman–Crippen LogP) is 3.20. The van der Waals surface area contributed by atoms with E-state index in [-0.39, 0.29) is 5.41 Å². The largest absolute Gasteiger partial charge is 0.381 e. The summed E-state index contributed by atoms with van der Waals surface area (Å²) in [5.41, 5.74) is 7.35. The minimum atomic E-state index is 0.0377. The maximum Gasteiger partial charge on any atom is 0.188 e. The highest BCUT2D eigenvalue weighted by Crippen LogP contribution is 2.35. The summed E-state index contributed by atoms with van der Waals surface area (Å²) in [6.07, 6.45) is 4.24. The van der Waals surface area contributed by atoms with Crippen LogP contribution in [0.3, 0.4) is 0 Å². The van der Waals surface area contributed by atoms with Crippen molar-refractivity contribution in [2.24, 2.45) is 10.7 Å². The number of ether oxygens (including phenoxy) is 1. The molecule has 0 aliphatic carbocycles. The molecule has 1 heterocycles. The molecular weight excluding hydrogens is 342 g/mol. The van der Waals surface area contributed by atoms with E-state index >= 15 is 0 Å². The topological polar surface area (TPSA) is 59.6 Å². The number of halogens is 1. The van der Waals surface area contributed by atoms with E-state index in [9.17, 15) is 0 Å². The number of nitrogens with one attached hydrogen (secondary N) is 1. The van der Waals surface area contributed by atoms with Gasteiger partial charge in [-0.1, -0.05) is 41.4 Å². The summed E-state index contributed by atoms with van der Waals surface area (Å²) in [6.45, 7) is 5.34. The molecule has 4 nitrogen and oxygen atoms in total. The molecule has 5 heteroatoms. The monoisotopic (exact) mass is 367 g/mol. The molecular formula is C17H26BrN3O. The summed E-state index contributed by atoms with van der Waals surface area (Å²) in [6, 6.07) is 8.56. The average molecular weight is 368 g/mol. The van der Waals surface area contributed by atoms with E-state index in [0.29, 0.717) is 12.5 Å². The average Bonchev–Trinajstić information content (AvgIpc) is 2.55. The van der Waals surface area contributed by atoms with E-state index < -0.39 is 0 Å². The molecule has 1 fully saturated rings. The van der Waals surface area contributed by atoms with Crippen LogP contribution in [0.1, 0.15) is 38.2 Å². The molecule has 1 saturated heterocycles. The molecule has 22 heavy (non-hydrogen) atoms. The number of benzene rings is 1. The third-order valence-electron chi connectivity index (χ3n) is 4.30. The van der Waals surface area contributed by atoms with E-state index in [1.54, 1.807) is 0 Å².